The molecule has 0 amide bonds. The van der Waals surface area contributed by atoms with Crippen molar-refractivity contribution in [3.05, 3.63) is 0 Å². The summed E-state index contributed by atoms with van der Waals surface area (Å²) in [6, 6.07) is 0. The minimum absolute atomic E-state index is 0.756. The van der Waals surface area contributed by atoms with Gasteiger partial charge < -0.3 is 14.2 Å². The van der Waals surface area contributed by atoms with Crippen molar-refractivity contribution in [2.24, 2.45) is 5.92 Å². The van der Waals surface area contributed by atoms with Crippen LogP contribution in [0.15, 0.2) is 0 Å². The highest BCUT2D eigenvalue weighted by molar-refractivity contribution is 7.80. The lowest BCUT2D eigenvalue weighted by Gasteiger charge is -2.28. The monoisotopic (exact) mass is 352 g/mol. The van der Waals surface area contributed by atoms with E-state index in [1.807, 2.05) is 0 Å². The second-order valence-electron chi connectivity index (χ2n) is 5.87. The second kappa shape index (κ2) is 15.1. The van der Waals surface area contributed by atoms with Crippen LogP contribution >= 0.6 is 25.3 Å². The number of thiol groups is 2. The summed E-state index contributed by atoms with van der Waals surface area (Å²) in [6.07, 6.45) is 12.2. The summed E-state index contributed by atoms with van der Waals surface area (Å²) >= 11 is 8.72. The van der Waals surface area contributed by atoms with Crippen LogP contribution in [0, 0.1) is 5.92 Å². The van der Waals surface area contributed by atoms with Gasteiger partial charge in [-0.05, 0) is 36.7 Å². The quantitative estimate of drug-likeness (QED) is 0.234. The second-order valence-corrected chi connectivity index (χ2v) is 6.68. The lowest BCUT2D eigenvalue weighted by atomic mass is 9.99. The van der Waals surface area contributed by atoms with Gasteiger partial charge in [0, 0.05) is 27.8 Å². The fourth-order valence-corrected chi connectivity index (χ4v) is 3.45. The standard InChI is InChI=1S/C17H36O3S2/c1-18-17(19-2,20-3)13-10-8-6-4-5-7-9-11-16(15-22)12-14-21/h16,21-22H,4-15H2,1-3H3. The number of methoxy groups -OCH3 is 3. The molecule has 0 radical (unpaired) electrons. The first-order chi connectivity index (χ1) is 10.7. The number of unbranched alkanes of at least 4 members (excludes halogenated alkanes) is 6. The minimum Gasteiger partial charge on any atom is -0.331 e. The first-order valence-corrected chi connectivity index (χ1v) is 9.81. The van der Waals surface area contributed by atoms with Crippen molar-refractivity contribution in [2.75, 3.05) is 32.8 Å². The molecule has 0 N–H and O–H groups in total. The molecule has 0 aromatic carbocycles. The van der Waals surface area contributed by atoms with Crippen molar-refractivity contribution in [1.29, 1.82) is 0 Å². The van der Waals surface area contributed by atoms with Gasteiger partial charge in [-0.2, -0.15) is 25.3 Å². The van der Waals surface area contributed by atoms with Crippen LogP contribution in [0.2, 0.25) is 0 Å². The van der Waals surface area contributed by atoms with Crippen molar-refractivity contribution in [2.45, 2.75) is 70.2 Å². The van der Waals surface area contributed by atoms with Gasteiger partial charge in [-0.3, -0.25) is 0 Å². The Kier molecular flexibility index (Phi) is 15.5. The maximum Gasteiger partial charge on any atom is 0.282 e. The number of rotatable bonds is 16. The van der Waals surface area contributed by atoms with Gasteiger partial charge in [0.1, 0.15) is 0 Å². The first-order valence-electron chi connectivity index (χ1n) is 8.55. The normalized spacial score (nSPS) is 13.5. The van der Waals surface area contributed by atoms with Crippen molar-refractivity contribution >= 4 is 25.3 Å². The zero-order valence-corrected chi connectivity index (χ0v) is 16.5. The van der Waals surface area contributed by atoms with Gasteiger partial charge in [0.2, 0.25) is 0 Å². The van der Waals surface area contributed by atoms with E-state index in [0.717, 1.165) is 30.3 Å². The molecule has 3 nitrogen and oxygen atoms in total. The largest absolute Gasteiger partial charge is 0.331 e. The van der Waals surface area contributed by atoms with Gasteiger partial charge in [-0.1, -0.05) is 38.5 Å². The van der Waals surface area contributed by atoms with Crippen LogP contribution < -0.4 is 0 Å². The fourth-order valence-electron chi connectivity index (χ4n) is 2.72. The molecule has 0 spiro atoms. The summed E-state index contributed by atoms with van der Waals surface area (Å²) in [5.41, 5.74) is 0. The Hall–Kier alpha value is 0.580. The topological polar surface area (TPSA) is 27.7 Å². The predicted molar refractivity (Wildman–Crippen MR) is 101 cm³/mol. The van der Waals surface area contributed by atoms with Crippen molar-refractivity contribution < 1.29 is 14.2 Å². The van der Waals surface area contributed by atoms with E-state index in [1.165, 1.54) is 51.4 Å². The van der Waals surface area contributed by atoms with E-state index in [1.54, 1.807) is 21.3 Å². The van der Waals surface area contributed by atoms with Crippen LogP contribution in [-0.4, -0.2) is 38.8 Å². The molecule has 0 saturated heterocycles. The minimum atomic E-state index is -0.852. The summed E-state index contributed by atoms with van der Waals surface area (Å²) in [5, 5.41) is 0. The van der Waals surface area contributed by atoms with Crippen molar-refractivity contribution in [1.82, 2.24) is 0 Å². The zero-order valence-electron chi connectivity index (χ0n) is 14.7. The summed E-state index contributed by atoms with van der Waals surface area (Å²) in [5.74, 6) is 1.89. The van der Waals surface area contributed by atoms with E-state index >= 15 is 0 Å². The highest BCUT2D eigenvalue weighted by atomic mass is 32.1. The number of hydrogen-bond acceptors (Lipinski definition) is 5. The summed E-state index contributed by atoms with van der Waals surface area (Å²) in [6.45, 7) is 0. The molecule has 0 aliphatic heterocycles. The molecule has 22 heavy (non-hydrogen) atoms. The van der Waals surface area contributed by atoms with E-state index in [2.05, 4.69) is 25.3 Å². The Morgan fingerprint density at radius 3 is 1.68 bits per heavy atom. The Morgan fingerprint density at radius 2 is 1.23 bits per heavy atom. The van der Waals surface area contributed by atoms with Crippen LogP contribution in [0.3, 0.4) is 0 Å². The third kappa shape index (κ3) is 10.4. The van der Waals surface area contributed by atoms with E-state index in [9.17, 15) is 0 Å². The molecular weight excluding hydrogens is 316 g/mol. The van der Waals surface area contributed by atoms with Gasteiger partial charge in [-0.15, -0.1) is 0 Å². The Labute approximate surface area is 148 Å². The van der Waals surface area contributed by atoms with Crippen LogP contribution in [0.4, 0.5) is 0 Å². The molecule has 0 fully saturated rings. The Morgan fingerprint density at radius 1 is 0.727 bits per heavy atom. The summed E-state index contributed by atoms with van der Waals surface area (Å²) in [4.78, 5) is 0. The summed E-state index contributed by atoms with van der Waals surface area (Å²) < 4.78 is 15.9. The molecule has 0 aromatic rings. The van der Waals surface area contributed by atoms with Gasteiger partial charge in [0.15, 0.2) is 0 Å². The predicted octanol–water partition coefficient (Wildman–Crippen LogP) is 4.96. The van der Waals surface area contributed by atoms with Gasteiger partial charge in [-0.25, -0.2) is 0 Å². The molecule has 0 heterocycles. The summed E-state index contributed by atoms with van der Waals surface area (Å²) in [7, 11) is 4.87. The molecule has 0 aliphatic rings. The van der Waals surface area contributed by atoms with Gasteiger partial charge >= 0.3 is 0 Å². The van der Waals surface area contributed by atoms with Gasteiger partial charge in [0.25, 0.3) is 5.97 Å². The molecule has 0 rings (SSSR count). The molecule has 134 valence electrons. The van der Waals surface area contributed by atoms with Crippen LogP contribution in [0.1, 0.15) is 64.2 Å². The molecular formula is C17H36O3S2. The smallest absolute Gasteiger partial charge is 0.282 e. The molecule has 1 unspecified atom stereocenters. The molecule has 0 aromatic heterocycles. The van der Waals surface area contributed by atoms with Gasteiger partial charge in [0.05, 0.1) is 0 Å². The molecule has 0 saturated carbocycles. The highest BCUT2D eigenvalue weighted by Crippen LogP contribution is 2.22. The van der Waals surface area contributed by atoms with Crippen molar-refractivity contribution in [3.8, 4) is 0 Å². The van der Waals surface area contributed by atoms with Crippen LogP contribution in [0.5, 0.6) is 0 Å². The maximum absolute atomic E-state index is 5.29. The molecule has 0 bridgehead atoms. The average Bonchev–Trinajstić information content (AvgIpc) is 2.56. The highest BCUT2D eigenvalue weighted by Gasteiger charge is 2.28. The van der Waals surface area contributed by atoms with E-state index in [4.69, 9.17) is 14.2 Å². The number of ether oxygens (including phenoxy) is 3. The third-order valence-electron chi connectivity index (χ3n) is 4.32. The lowest BCUT2D eigenvalue weighted by Crippen LogP contribution is -2.35. The first kappa shape index (κ1) is 22.6. The molecule has 1 atom stereocenters. The fraction of sp³-hybridized carbons (Fsp3) is 1.00. The lowest BCUT2D eigenvalue weighted by molar-refractivity contribution is -0.355. The molecule has 5 heteroatoms. The Bertz CT molecular complexity index is 228. The van der Waals surface area contributed by atoms with Crippen LogP contribution in [-0.2, 0) is 14.2 Å². The SMILES string of the molecule is COC(CCCCCCCCCC(CS)CCS)(OC)OC. The molecule has 0 aliphatic carbocycles. The Balaban J connectivity index is 3.47. The maximum atomic E-state index is 5.29. The average molecular weight is 353 g/mol. The van der Waals surface area contributed by atoms with E-state index < -0.39 is 5.97 Å². The van der Waals surface area contributed by atoms with E-state index in [0.29, 0.717) is 0 Å². The van der Waals surface area contributed by atoms with Crippen molar-refractivity contribution in [3.63, 3.8) is 0 Å². The van der Waals surface area contributed by atoms with Crippen LogP contribution in [0.25, 0.3) is 0 Å². The van der Waals surface area contributed by atoms with E-state index in [-0.39, 0.29) is 0 Å². The number of hydrogen-bond donors (Lipinski definition) is 2. The third-order valence-corrected chi connectivity index (χ3v) is 5.10. The zero-order chi connectivity index (χ0) is 16.7.